The van der Waals surface area contributed by atoms with Gasteiger partial charge in [-0.1, -0.05) is 42.1 Å². The molecule has 10 nitrogen and oxygen atoms in total. The average molecular weight is 483 g/mol. The first-order chi connectivity index (χ1) is 16.3. The van der Waals surface area contributed by atoms with E-state index in [1.165, 1.54) is 35.4 Å². The van der Waals surface area contributed by atoms with Crippen molar-refractivity contribution in [3.8, 4) is 5.69 Å². The number of carbonyl (C=O) groups excluding carboxylic acids is 2. The van der Waals surface area contributed by atoms with Crippen LogP contribution in [-0.2, 0) is 0 Å². The summed E-state index contributed by atoms with van der Waals surface area (Å²) in [6, 6.07) is 10.7. The van der Waals surface area contributed by atoms with Gasteiger partial charge in [0.1, 0.15) is 0 Å². The molecule has 3 aromatic rings. The molecule has 1 heterocycles. The number of nitrogens with zero attached hydrogens (tertiary/aromatic N) is 4. The second-order valence-electron chi connectivity index (χ2n) is 8.17. The smallest absolute Gasteiger partial charge is 0.278 e. The van der Waals surface area contributed by atoms with Crippen LogP contribution in [0.3, 0.4) is 0 Å². The normalized spacial score (nSPS) is 13.9. The van der Waals surface area contributed by atoms with Gasteiger partial charge in [-0.2, -0.15) is 0 Å². The summed E-state index contributed by atoms with van der Waals surface area (Å²) in [6.07, 6.45) is 5.24. The highest BCUT2D eigenvalue weighted by atomic mass is 35.5. The molecular weight excluding hydrogens is 460 g/mol. The third kappa shape index (κ3) is 5.07. The van der Waals surface area contributed by atoms with Crippen LogP contribution in [0.15, 0.2) is 42.5 Å². The van der Waals surface area contributed by atoms with Gasteiger partial charge in [0.15, 0.2) is 5.69 Å². The van der Waals surface area contributed by atoms with E-state index in [1.807, 2.05) is 0 Å². The Morgan fingerprint density at radius 2 is 1.88 bits per heavy atom. The van der Waals surface area contributed by atoms with E-state index in [0.717, 1.165) is 25.7 Å². The van der Waals surface area contributed by atoms with Gasteiger partial charge < -0.3 is 10.6 Å². The minimum atomic E-state index is -0.532. The summed E-state index contributed by atoms with van der Waals surface area (Å²) >= 11 is 6.25. The van der Waals surface area contributed by atoms with Crippen LogP contribution < -0.4 is 10.6 Å². The van der Waals surface area contributed by atoms with Gasteiger partial charge >= 0.3 is 0 Å². The molecule has 2 N–H and O–H groups in total. The Balaban J connectivity index is 1.51. The third-order valence-electron chi connectivity index (χ3n) is 5.80. The number of rotatable bonds is 6. The van der Waals surface area contributed by atoms with Crippen molar-refractivity contribution in [2.45, 2.75) is 45.1 Å². The fourth-order valence-electron chi connectivity index (χ4n) is 4.00. The van der Waals surface area contributed by atoms with Crippen molar-refractivity contribution in [2.75, 3.05) is 5.32 Å². The molecule has 11 heteroatoms. The first-order valence-corrected chi connectivity index (χ1v) is 11.3. The van der Waals surface area contributed by atoms with Gasteiger partial charge in [-0.05, 0) is 44.0 Å². The summed E-state index contributed by atoms with van der Waals surface area (Å²) in [5, 5.41) is 25.0. The fourth-order valence-corrected chi connectivity index (χ4v) is 4.20. The van der Waals surface area contributed by atoms with Crippen molar-refractivity contribution in [3.05, 3.63) is 74.6 Å². The van der Waals surface area contributed by atoms with E-state index in [2.05, 4.69) is 20.9 Å². The highest BCUT2D eigenvalue weighted by molar-refractivity contribution is 6.34. The first-order valence-electron chi connectivity index (χ1n) is 10.9. The van der Waals surface area contributed by atoms with Crippen molar-refractivity contribution in [1.82, 2.24) is 20.3 Å². The lowest BCUT2D eigenvalue weighted by molar-refractivity contribution is -0.384. The average Bonchev–Trinajstić information content (AvgIpc) is 3.22. The molecule has 0 saturated heterocycles. The maximum absolute atomic E-state index is 12.9. The Labute approximate surface area is 200 Å². The summed E-state index contributed by atoms with van der Waals surface area (Å²) < 4.78 is 1.35. The van der Waals surface area contributed by atoms with Gasteiger partial charge in [-0.3, -0.25) is 19.7 Å². The van der Waals surface area contributed by atoms with Gasteiger partial charge in [0, 0.05) is 23.9 Å². The van der Waals surface area contributed by atoms with E-state index in [9.17, 15) is 19.7 Å². The van der Waals surface area contributed by atoms with Crippen molar-refractivity contribution in [3.63, 3.8) is 0 Å². The van der Waals surface area contributed by atoms with E-state index in [1.54, 1.807) is 25.1 Å². The molecule has 0 radical (unpaired) electrons. The zero-order valence-corrected chi connectivity index (χ0v) is 19.2. The molecule has 1 aliphatic rings. The Kier molecular flexibility index (Phi) is 6.87. The number of benzene rings is 2. The van der Waals surface area contributed by atoms with E-state index < -0.39 is 10.8 Å². The van der Waals surface area contributed by atoms with Crippen LogP contribution in [0.4, 0.5) is 11.4 Å². The molecule has 0 bridgehead atoms. The van der Waals surface area contributed by atoms with E-state index >= 15 is 0 Å². The second-order valence-corrected chi connectivity index (χ2v) is 8.58. The SMILES string of the molecule is Cc1c(C(=O)Nc2ccc(Cl)c(C(=O)NC3CCCCC3)c2)nnn1-c1cccc([N+](=O)[O-])c1. The number of aromatic nitrogens is 3. The minimum absolute atomic E-state index is 0.0506. The molecule has 0 aliphatic heterocycles. The molecule has 4 rings (SSSR count). The number of non-ortho nitro benzene ring substituents is 1. The standard InChI is InChI=1S/C23H23ClN6O4/c1-14-21(27-28-29(14)17-8-5-9-18(13-17)30(33)34)23(32)26-16-10-11-20(24)19(12-16)22(31)25-15-6-3-2-4-7-15/h5,8-13,15H,2-4,6-7H2,1H3,(H,25,31)(H,26,32). The zero-order chi connectivity index (χ0) is 24.2. The molecule has 1 aliphatic carbocycles. The van der Waals surface area contributed by atoms with Gasteiger partial charge in [0.25, 0.3) is 17.5 Å². The summed E-state index contributed by atoms with van der Waals surface area (Å²) in [5.41, 5.74) is 1.43. The number of halogens is 1. The van der Waals surface area contributed by atoms with Gasteiger partial charge in [0.05, 0.1) is 26.9 Å². The zero-order valence-electron chi connectivity index (χ0n) is 18.5. The monoisotopic (exact) mass is 482 g/mol. The number of nitrogens with one attached hydrogen (secondary N) is 2. The van der Waals surface area contributed by atoms with Crippen LogP contribution in [0, 0.1) is 17.0 Å². The quantitative estimate of drug-likeness (QED) is 0.394. The lowest BCUT2D eigenvalue weighted by Gasteiger charge is -2.23. The Morgan fingerprint density at radius 1 is 1.12 bits per heavy atom. The number of hydrogen-bond donors (Lipinski definition) is 2. The van der Waals surface area contributed by atoms with E-state index in [0.29, 0.717) is 22.1 Å². The lowest BCUT2D eigenvalue weighted by atomic mass is 9.95. The number of amides is 2. The van der Waals surface area contributed by atoms with Gasteiger partial charge in [-0.15, -0.1) is 5.10 Å². The summed E-state index contributed by atoms with van der Waals surface area (Å²) in [6.45, 7) is 1.64. The van der Waals surface area contributed by atoms with Crippen molar-refractivity contribution in [2.24, 2.45) is 0 Å². The van der Waals surface area contributed by atoms with Gasteiger partial charge in [-0.25, -0.2) is 4.68 Å². The van der Waals surface area contributed by atoms with Crippen molar-refractivity contribution in [1.29, 1.82) is 0 Å². The molecule has 1 fully saturated rings. The minimum Gasteiger partial charge on any atom is -0.349 e. The lowest BCUT2D eigenvalue weighted by Crippen LogP contribution is -2.36. The molecule has 2 aromatic carbocycles. The Bertz CT molecular complexity index is 1250. The highest BCUT2D eigenvalue weighted by Crippen LogP contribution is 2.24. The van der Waals surface area contributed by atoms with Crippen LogP contribution >= 0.6 is 11.6 Å². The Morgan fingerprint density at radius 3 is 2.62 bits per heavy atom. The molecule has 1 saturated carbocycles. The maximum atomic E-state index is 12.9. The number of nitro benzene ring substituents is 1. The Hall–Kier alpha value is -3.79. The molecule has 2 amide bonds. The maximum Gasteiger partial charge on any atom is 0.278 e. The van der Waals surface area contributed by atoms with Crippen LogP contribution in [0.1, 0.15) is 58.6 Å². The molecule has 0 atom stereocenters. The number of carbonyl (C=O) groups is 2. The predicted molar refractivity (Wildman–Crippen MR) is 126 cm³/mol. The molecule has 34 heavy (non-hydrogen) atoms. The largest absolute Gasteiger partial charge is 0.349 e. The van der Waals surface area contributed by atoms with Crippen LogP contribution in [0.2, 0.25) is 5.02 Å². The summed E-state index contributed by atoms with van der Waals surface area (Å²) in [7, 11) is 0. The number of nitro groups is 1. The number of hydrogen-bond acceptors (Lipinski definition) is 6. The second kappa shape index (κ2) is 10.0. The van der Waals surface area contributed by atoms with Crippen LogP contribution in [0.5, 0.6) is 0 Å². The van der Waals surface area contributed by atoms with E-state index in [4.69, 9.17) is 11.6 Å². The third-order valence-corrected chi connectivity index (χ3v) is 6.13. The number of anilines is 1. The molecule has 1 aromatic heterocycles. The topological polar surface area (TPSA) is 132 Å². The van der Waals surface area contributed by atoms with Crippen LogP contribution in [-0.4, -0.2) is 37.8 Å². The predicted octanol–water partition coefficient (Wildman–Crippen LogP) is 4.45. The van der Waals surface area contributed by atoms with Crippen molar-refractivity contribution < 1.29 is 14.5 Å². The molecule has 176 valence electrons. The fraction of sp³-hybridized carbons (Fsp3) is 0.304. The van der Waals surface area contributed by atoms with Crippen LogP contribution in [0.25, 0.3) is 5.69 Å². The molecule has 0 unspecified atom stereocenters. The van der Waals surface area contributed by atoms with E-state index in [-0.39, 0.29) is 28.9 Å². The first kappa shape index (κ1) is 23.4. The molecule has 0 spiro atoms. The summed E-state index contributed by atoms with van der Waals surface area (Å²) in [5.74, 6) is -0.809. The van der Waals surface area contributed by atoms with Crippen molar-refractivity contribution >= 4 is 34.8 Å². The summed E-state index contributed by atoms with van der Waals surface area (Å²) in [4.78, 5) is 36.2. The van der Waals surface area contributed by atoms with Gasteiger partial charge in [0.2, 0.25) is 0 Å². The highest BCUT2D eigenvalue weighted by Gasteiger charge is 2.21. The molecular formula is C23H23ClN6O4.